The number of hydrogen-bond acceptors (Lipinski definition) is 5. The Labute approximate surface area is 112 Å². The van der Waals surface area contributed by atoms with E-state index in [0.717, 1.165) is 5.56 Å². The Bertz CT molecular complexity index is 447. The van der Waals surface area contributed by atoms with Gasteiger partial charge in [0.15, 0.2) is 0 Å². The second-order valence-electron chi connectivity index (χ2n) is 4.15. The summed E-state index contributed by atoms with van der Waals surface area (Å²) in [7, 11) is 3.10. The molecule has 1 aromatic rings. The number of carbonyl (C=O) groups is 1. The first-order chi connectivity index (χ1) is 8.97. The molecule has 1 aromatic carbocycles. The molecule has 0 aliphatic carbocycles. The number of benzene rings is 1. The molecule has 0 saturated carbocycles. The number of aliphatic hydroxyl groups excluding tert-OH is 1. The van der Waals surface area contributed by atoms with Crippen LogP contribution in [0.25, 0.3) is 0 Å². The molecule has 6 nitrogen and oxygen atoms in total. The van der Waals surface area contributed by atoms with Gasteiger partial charge in [0.2, 0.25) is 0 Å². The van der Waals surface area contributed by atoms with Crippen LogP contribution in [0.2, 0.25) is 0 Å². The summed E-state index contributed by atoms with van der Waals surface area (Å²) in [6.07, 6.45) is -1.26. The summed E-state index contributed by atoms with van der Waals surface area (Å²) in [6, 6.07) is 3.55. The van der Waals surface area contributed by atoms with Crippen LogP contribution in [-0.2, 0) is 4.79 Å². The van der Waals surface area contributed by atoms with Gasteiger partial charge in [-0.05, 0) is 18.6 Å². The van der Waals surface area contributed by atoms with Crippen LogP contribution in [0.3, 0.4) is 0 Å². The summed E-state index contributed by atoms with van der Waals surface area (Å²) in [4.78, 5) is 10.5. The van der Waals surface area contributed by atoms with E-state index in [1.165, 1.54) is 7.11 Å². The van der Waals surface area contributed by atoms with E-state index in [4.69, 9.17) is 14.6 Å². The van der Waals surface area contributed by atoms with Crippen LogP contribution in [-0.4, -0.2) is 43.1 Å². The van der Waals surface area contributed by atoms with Crippen molar-refractivity contribution in [1.82, 2.24) is 0 Å². The van der Waals surface area contributed by atoms with Crippen LogP contribution in [0.5, 0.6) is 11.5 Å². The molecule has 19 heavy (non-hydrogen) atoms. The SMILES string of the molecule is COc1cc(C)c(NCC(O)CC(=O)O)c(OC)c1. The summed E-state index contributed by atoms with van der Waals surface area (Å²) in [5.74, 6) is 0.220. The molecule has 3 N–H and O–H groups in total. The van der Waals surface area contributed by atoms with Gasteiger partial charge in [-0.15, -0.1) is 0 Å². The zero-order valence-electron chi connectivity index (χ0n) is 11.3. The maximum atomic E-state index is 10.5. The third-order valence-corrected chi connectivity index (χ3v) is 2.65. The summed E-state index contributed by atoms with van der Waals surface area (Å²) in [6.45, 7) is 2.01. The van der Waals surface area contributed by atoms with E-state index in [9.17, 15) is 9.90 Å². The standard InChI is InChI=1S/C13H19NO5/c1-8-4-10(18-2)6-11(19-3)13(8)14-7-9(15)5-12(16)17/h4,6,9,14-15H,5,7H2,1-3H3,(H,16,17). The summed E-state index contributed by atoms with van der Waals surface area (Å²) in [5, 5.41) is 21.1. The van der Waals surface area contributed by atoms with Gasteiger partial charge < -0.3 is 25.0 Å². The second-order valence-corrected chi connectivity index (χ2v) is 4.15. The van der Waals surface area contributed by atoms with E-state index in [1.54, 1.807) is 13.2 Å². The molecule has 0 aliphatic rings. The molecule has 1 rings (SSSR count). The van der Waals surface area contributed by atoms with E-state index in [1.807, 2.05) is 13.0 Å². The molecule has 1 atom stereocenters. The van der Waals surface area contributed by atoms with E-state index in [2.05, 4.69) is 5.32 Å². The number of carboxylic acid groups (broad SMARTS) is 1. The highest BCUT2D eigenvalue weighted by atomic mass is 16.5. The molecule has 1 unspecified atom stereocenters. The molecule has 0 aliphatic heterocycles. The van der Waals surface area contributed by atoms with Crippen molar-refractivity contribution < 1.29 is 24.5 Å². The smallest absolute Gasteiger partial charge is 0.306 e. The van der Waals surface area contributed by atoms with Crippen LogP contribution in [0.1, 0.15) is 12.0 Å². The number of ether oxygens (including phenoxy) is 2. The molecule has 0 fully saturated rings. The normalized spacial score (nSPS) is 11.8. The molecule has 0 aromatic heterocycles. The zero-order chi connectivity index (χ0) is 14.4. The Morgan fingerprint density at radius 3 is 2.58 bits per heavy atom. The first-order valence-corrected chi connectivity index (χ1v) is 5.84. The van der Waals surface area contributed by atoms with E-state index >= 15 is 0 Å². The summed E-state index contributed by atoms with van der Waals surface area (Å²) >= 11 is 0. The first-order valence-electron chi connectivity index (χ1n) is 5.84. The number of aryl methyl sites for hydroxylation is 1. The van der Waals surface area contributed by atoms with Gasteiger partial charge in [0, 0.05) is 12.6 Å². The minimum absolute atomic E-state index is 0.135. The summed E-state index contributed by atoms with van der Waals surface area (Å²) in [5.41, 5.74) is 1.60. The van der Waals surface area contributed by atoms with Crippen LogP contribution >= 0.6 is 0 Å². The molecule has 0 amide bonds. The van der Waals surface area contributed by atoms with Crippen LogP contribution in [0.4, 0.5) is 5.69 Å². The van der Waals surface area contributed by atoms with Gasteiger partial charge in [-0.25, -0.2) is 0 Å². The average molecular weight is 269 g/mol. The maximum absolute atomic E-state index is 10.5. The third-order valence-electron chi connectivity index (χ3n) is 2.65. The zero-order valence-corrected chi connectivity index (χ0v) is 11.3. The number of methoxy groups -OCH3 is 2. The van der Waals surface area contributed by atoms with Gasteiger partial charge in [0.1, 0.15) is 11.5 Å². The number of anilines is 1. The number of aliphatic hydroxyl groups is 1. The van der Waals surface area contributed by atoms with Crippen molar-refractivity contribution in [3.05, 3.63) is 17.7 Å². The third kappa shape index (κ3) is 4.33. The highest BCUT2D eigenvalue weighted by Gasteiger charge is 2.13. The Morgan fingerprint density at radius 1 is 1.37 bits per heavy atom. The molecule has 6 heteroatoms. The van der Waals surface area contributed by atoms with Gasteiger partial charge in [-0.2, -0.15) is 0 Å². The Kier molecular flexibility index (Phi) is 5.44. The predicted octanol–water partition coefficient (Wildman–Crippen LogP) is 1.26. The van der Waals surface area contributed by atoms with Crippen molar-refractivity contribution in [2.75, 3.05) is 26.1 Å². The molecule has 0 saturated heterocycles. The average Bonchev–Trinajstić information content (AvgIpc) is 2.35. The van der Waals surface area contributed by atoms with Gasteiger partial charge in [-0.1, -0.05) is 0 Å². The lowest BCUT2D eigenvalue weighted by atomic mass is 10.1. The number of aliphatic carboxylic acids is 1. The summed E-state index contributed by atoms with van der Waals surface area (Å²) < 4.78 is 10.4. The topological polar surface area (TPSA) is 88.0 Å². The van der Waals surface area contributed by atoms with Crippen molar-refractivity contribution in [3.63, 3.8) is 0 Å². The van der Waals surface area contributed by atoms with Crippen molar-refractivity contribution in [2.24, 2.45) is 0 Å². The number of rotatable bonds is 7. The number of carboxylic acids is 1. The van der Waals surface area contributed by atoms with Crippen LogP contribution in [0.15, 0.2) is 12.1 Å². The number of nitrogens with one attached hydrogen (secondary N) is 1. The highest BCUT2D eigenvalue weighted by molar-refractivity contribution is 5.68. The van der Waals surface area contributed by atoms with Crippen LogP contribution < -0.4 is 14.8 Å². The van der Waals surface area contributed by atoms with E-state index in [-0.39, 0.29) is 13.0 Å². The molecule has 0 heterocycles. The lowest BCUT2D eigenvalue weighted by Crippen LogP contribution is -2.23. The largest absolute Gasteiger partial charge is 0.497 e. The fourth-order valence-corrected chi connectivity index (χ4v) is 1.72. The molecule has 0 radical (unpaired) electrons. The van der Waals surface area contributed by atoms with E-state index in [0.29, 0.717) is 17.2 Å². The molecular formula is C13H19NO5. The maximum Gasteiger partial charge on any atom is 0.306 e. The van der Waals surface area contributed by atoms with Gasteiger partial charge >= 0.3 is 5.97 Å². The Hall–Kier alpha value is -1.95. The molecular weight excluding hydrogens is 250 g/mol. The lowest BCUT2D eigenvalue weighted by Gasteiger charge is -2.17. The minimum atomic E-state index is -1.03. The fraction of sp³-hybridized carbons (Fsp3) is 0.462. The van der Waals surface area contributed by atoms with E-state index < -0.39 is 12.1 Å². The molecule has 0 spiro atoms. The van der Waals surface area contributed by atoms with Crippen molar-refractivity contribution in [3.8, 4) is 11.5 Å². The lowest BCUT2D eigenvalue weighted by molar-refractivity contribution is -0.138. The second kappa shape index (κ2) is 6.84. The van der Waals surface area contributed by atoms with Crippen LogP contribution in [0, 0.1) is 6.92 Å². The predicted molar refractivity (Wildman–Crippen MR) is 71.0 cm³/mol. The quantitative estimate of drug-likeness (QED) is 0.690. The van der Waals surface area contributed by atoms with Crippen molar-refractivity contribution in [2.45, 2.75) is 19.4 Å². The molecule has 106 valence electrons. The Morgan fingerprint density at radius 2 is 2.05 bits per heavy atom. The van der Waals surface area contributed by atoms with Gasteiger partial charge in [0.05, 0.1) is 32.4 Å². The fourth-order valence-electron chi connectivity index (χ4n) is 1.72. The minimum Gasteiger partial charge on any atom is -0.497 e. The molecule has 0 bridgehead atoms. The first kappa shape index (κ1) is 15.1. The highest BCUT2D eigenvalue weighted by Crippen LogP contribution is 2.32. The Balaban J connectivity index is 2.80. The monoisotopic (exact) mass is 269 g/mol. The van der Waals surface area contributed by atoms with Crippen molar-refractivity contribution in [1.29, 1.82) is 0 Å². The van der Waals surface area contributed by atoms with Gasteiger partial charge in [-0.3, -0.25) is 4.79 Å². The van der Waals surface area contributed by atoms with Gasteiger partial charge in [0.25, 0.3) is 0 Å². The number of hydrogen-bond donors (Lipinski definition) is 3. The van der Waals surface area contributed by atoms with Crippen molar-refractivity contribution >= 4 is 11.7 Å².